The van der Waals surface area contributed by atoms with Crippen LogP contribution in [0.5, 0.6) is 11.5 Å². The molecule has 27 heavy (non-hydrogen) atoms. The Morgan fingerprint density at radius 2 is 1.52 bits per heavy atom. The van der Waals surface area contributed by atoms with Gasteiger partial charge in [0.05, 0.1) is 27.2 Å². The highest BCUT2D eigenvalue weighted by Crippen LogP contribution is 2.38. The van der Waals surface area contributed by atoms with Gasteiger partial charge >= 0.3 is 0 Å². The predicted molar refractivity (Wildman–Crippen MR) is 99.7 cm³/mol. The number of benzene rings is 2. The van der Waals surface area contributed by atoms with Crippen LogP contribution in [0.15, 0.2) is 48.5 Å². The van der Waals surface area contributed by atoms with Crippen LogP contribution < -0.4 is 26.5 Å². The first-order chi connectivity index (χ1) is 12.7. The molecule has 144 valence electrons. The van der Waals surface area contributed by atoms with E-state index in [0.29, 0.717) is 6.42 Å². The summed E-state index contributed by atoms with van der Waals surface area (Å²) in [5, 5.41) is 13.8. The third-order valence-electron chi connectivity index (χ3n) is 5.41. The van der Waals surface area contributed by atoms with E-state index < -0.39 is 5.72 Å². The fourth-order valence-electron chi connectivity index (χ4n) is 3.99. The van der Waals surface area contributed by atoms with Gasteiger partial charge in [0.15, 0.2) is 6.54 Å². The van der Waals surface area contributed by atoms with Crippen molar-refractivity contribution in [1.82, 2.24) is 5.01 Å². The zero-order valence-electron chi connectivity index (χ0n) is 15.7. The van der Waals surface area contributed by atoms with Crippen molar-refractivity contribution in [3.05, 3.63) is 59.7 Å². The molecule has 2 heterocycles. The van der Waals surface area contributed by atoms with E-state index in [1.165, 1.54) is 0 Å². The van der Waals surface area contributed by atoms with Gasteiger partial charge in [-0.3, -0.25) is 0 Å². The molecule has 0 bridgehead atoms. The van der Waals surface area contributed by atoms with Crippen molar-refractivity contribution in [3.63, 3.8) is 0 Å². The minimum absolute atomic E-state index is 0. The number of nitrogens with zero attached hydrogens (tertiary/aromatic N) is 2. The predicted octanol–water partition coefficient (Wildman–Crippen LogP) is -0.231. The van der Waals surface area contributed by atoms with Gasteiger partial charge in [-0.2, -0.15) is 0 Å². The maximum absolute atomic E-state index is 11.7. The number of methoxy groups -OCH3 is 2. The fourth-order valence-corrected chi connectivity index (χ4v) is 3.99. The third kappa shape index (κ3) is 3.44. The number of hydrazine groups is 1. The first-order valence-corrected chi connectivity index (χ1v) is 9.08. The Kier molecular flexibility index (Phi) is 5.77. The maximum atomic E-state index is 11.7. The second-order valence-corrected chi connectivity index (χ2v) is 6.85. The van der Waals surface area contributed by atoms with Crippen LogP contribution in [0.25, 0.3) is 0 Å². The number of halogens is 1. The second kappa shape index (κ2) is 7.90. The molecule has 0 aromatic heterocycles. The molecule has 2 aromatic rings. The highest BCUT2D eigenvalue weighted by Gasteiger charge is 2.53. The lowest BCUT2D eigenvalue weighted by Crippen LogP contribution is -3.00. The number of rotatable bonds is 4. The molecular weight excluding hydrogens is 408 g/mol. The standard InChI is InChI=1S/C21H25N2O3.BrH/c1-25-18-9-5-16(6-10-18)20-15-21(24,23-14-4-3-13-22(20)23)17-7-11-19(26-2)12-8-17;/h5-12,24H,3-4,13-15H2,1-2H3;1H/q+1;/p-1. The number of hydrogen-bond donors (Lipinski definition) is 1. The molecular formula is C21H25BrN2O3. The lowest BCUT2D eigenvalue weighted by Gasteiger charge is -2.33. The molecule has 0 aliphatic carbocycles. The Morgan fingerprint density at radius 3 is 2.11 bits per heavy atom. The third-order valence-corrected chi connectivity index (χ3v) is 5.41. The Hall–Kier alpha value is -2.05. The summed E-state index contributed by atoms with van der Waals surface area (Å²) in [6.07, 6.45) is 2.78. The number of aliphatic hydroxyl groups is 1. The van der Waals surface area contributed by atoms with E-state index >= 15 is 0 Å². The molecule has 1 saturated heterocycles. The van der Waals surface area contributed by atoms with Crippen molar-refractivity contribution in [3.8, 4) is 11.5 Å². The smallest absolute Gasteiger partial charge is 0.225 e. The molecule has 1 N–H and O–H groups in total. The summed E-state index contributed by atoms with van der Waals surface area (Å²) in [5.41, 5.74) is 2.16. The van der Waals surface area contributed by atoms with E-state index in [9.17, 15) is 5.11 Å². The Bertz CT molecular complexity index is 820. The second-order valence-electron chi connectivity index (χ2n) is 6.85. The van der Waals surface area contributed by atoms with Gasteiger partial charge in [-0.15, -0.1) is 9.69 Å². The van der Waals surface area contributed by atoms with Crippen molar-refractivity contribution in [2.45, 2.75) is 25.0 Å². The van der Waals surface area contributed by atoms with Crippen LogP contribution in [0.2, 0.25) is 0 Å². The highest BCUT2D eigenvalue weighted by atomic mass is 79.9. The fraction of sp³-hybridized carbons (Fsp3) is 0.381. The average Bonchev–Trinajstić information content (AvgIpc) is 3.02. The van der Waals surface area contributed by atoms with Gasteiger partial charge in [0.1, 0.15) is 11.5 Å². The summed E-state index contributed by atoms with van der Waals surface area (Å²) in [5.74, 6) is 1.64. The van der Waals surface area contributed by atoms with Crippen LogP contribution in [-0.4, -0.2) is 47.8 Å². The lowest BCUT2D eigenvalue weighted by molar-refractivity contribution is -0.717. The van der Waals surface area contributed by atoms with E-state index in [1.54, 1.807) is 14.2 Å². The minimum atomic E-state index is -1.03. The number of ether oxygens (including phenoxy) is 2. The molecule has 2 aliphatic heterocycles. The minimum Gasteiger partial charge on any atom is -1.00 e. The molecule has 2 aliphatic rings. The van der Waals surface area contributed by atoms with E-state index in [4.69, 9.17) is 9.47 Å². The quantitative estimate of drug-likeness (QED) is 0.677. The molecule has 0 saturated carbocycles. The Morgan fingerprint density at radius 1 is 0.926 bits per heavy atom. The number of hydrogen-bond acceptors (Lipinski definition) is 4. The summed E-state index contributed by atoms with van der Waals surface area (Å²) in [4.78, 5) is 0. The van der Waals surface area contributed by atoms with Crippen LogP contribution in [0, 0.1) is 0 Å². The number of fused-ring (bicyclic) bond motifs is 1. The molecule has 1 atom stereocenters. The molecule has 5 nitrogen and oxygen atoms in total. The van der Waals surface area contributed by atoms with E-state index in [-0.39, 0.29) is 17.0 Å². The molecule has 2 aromatic carbocycles. The van der Waals surface area contributed by atoms with Crippen molar-refractivity contribution in [1.29, 1.82) is 0 Å². The van der Waals surface area contributed by atoms with Crippen molar-refractivity contribution >= 4 is 5.71 Å². The van der Waals surface area contributed by atoms with Crippen LogP contribution in [0.3, 0.4) is 0 Å². The van der Waals surface area contributed by atoms with Gasteiger partial charge in [0.2, 0.25) is 11.4 Å². The average molecular weight is 433 g/mol. The van der Waals surface area contributed by atoms with Gasteiger partial charge in [-0.05, 0) is 42.8 Å². The first-order valence-electron chi connectivity index (χ1n) is 9.08. The summed E-state index contributed by atoms with van der Waals surface area (Å²) in [6, 6.07) is 15.8. The molecule has 1 fully saturated rings. The van der Waals surface area contributed by atoms with Crippen molar-refractivity contribution in [2.75, 3.05) is 27.3 Å². The zero-order chi connectivity index (χ0) is 18.1. The van der Waals surface area contributed by atoms with Crippen LogP contribution in [0.4, 0.5) is 0 Å². The van der Waals surface area contributed by atoms with E-state index in [1.807, 2.05) is 36.4 Å². The first kappa shape index (κ1) is 19.7. The van der Waals surface area contributed by atoms with Gasteiger partial charge in [-0.25, -0.2) is 0 Å². The zero-order valence-corrected chi connectivity index (χ0v) is 17.3. The lowest BCUT2D eigenvalue weighted by atomic mass is 9.94. The highest BCUT2D eigenvalue weighted by molar-refractivity contribution is 5.98. The summed E-state index contributed by atoms with van der Waals surface area (Å²) in [7, 11) is 3.33. The molecule has 0 spiro atoms. The van der Waals surface area contributed by atoms with Crippen LogP contribution in [0.1, 0.15) is 30.4 Å². The number of hydrazone groups is 1. The molecule has 0 radical (unpaired) electrons. The topological polar surface area (TPSA) is 44.9 Å². The molecule has 1 unspecified atom stereocenters. The molecule has 6 heteroatoms. The van der Waals surface area contributed by atoms with Crippen molar-refractivity contribution < 1.29 is 36.2 Å². The van der Waals surface area contributed by atoms with Gasteiger partial charge in [0.25, 0.3) is 0 Å². The van der Waals surface area contributed by atoms with E-state index in [2.05, 4.69) is 21.8 Å². The molecule has 4 rings (SSSR count). The normalized spacial score (nSPS) is 21.5. The van der Waals surface area contributed by atoms with Gasteiger partial charge in [0, 0.05) is 17.5 Å². The van der Waals surface area contributed by atoms with Crippen LogP contribution >= 0.6 is 0 Å². The van der Waals surface area contributed by atoms with Crippen LogP contribution in [-0.2, 0) is 5.72 Å². The summed E-state index contributed by atoms with van der Waals surface area (Å²) < 4.78 is 12.8. The van der Waals surface area contributed by atoms with Crippen molar-refractivity contribution in [2.24, 2.45) is 0 Å². The largest absolute Gasteiger partial charge is 1.00 e. The van der Waals surface area contributed by atoms with Gasteiger partial charge < -0.3 is 31.6 Å². The Balaban J connectivity index is 0.00000210. The van der Waals surface area contributed by atoms with Gasteiger partial charge in [-0.1, -0.05) is 12.1 Å². The van der Waals surface area contributed by atoms with E-state index in [0.717, 1.165) is 54.3 Å². The summed E-state index contributed by atoms with van der Waals surface area (Å²) >= 11 is 0. The monoisotopic (exact) mass is 432 g/mol. The maximum Gasteiger partial charge on any atom is 0.225 e. The summed E-state index contributed by atoms with van der Waals surface area (Å²) in [6.45, 7) is 1.78. The Labute approximate surface area is 170 Å². The SMILES string of the molecule is COc1ccc(C2=[N+]3CCCCN3C(O)(c3ccc(OC)cc3)C2)cc1.[Br-]. The molecule has 0 amide bonds.